The average Bonchev–Trinajstić information content (AvgIpc) is 3.25. The molecule has 0 aliphatic carbocycles. The van der Waals surface area contributed by atoms with Crippen LogP contribution in [0.5, 0.6) is 0 Å². The first-order valence-electron chi connectivity index (χ1n) is 8.82. The zero-order chi connectivity index (χ0) is 20.6. The lowest BCUT2D eigenvalue weighted by molar-refractivity contribution is 0.102. The van der Waals surface area contributed by atoms with Gasteiger partial charge in [-0.15, -0.1) is 11.3 Å². The Morgan fingerprint density at radius 2 is 1.93 bits per heavy atom. The van der Waals surface area contributed by atoms with E-state index in [2.05, 4.69) is 5.32 Å². The van der Waals surface area contributed by atoms with Crippen molar-refractivity contribution >= 4 is 61.8 Å². The summed E-state index contributed by atoms with van der Waals surface area (Å²) in [6.45, 7) is 0.428. The van der Waals surface area contributed by atoms with E-state index in [-0.39, 0.29) is 11.5 Å². The van der Waals surface area contributed by atoms with Gasteiger partial charge in [-0.25, -0.2) is 8.42 Å². The fourth-order valence-electron chi connectivity index (χ4n) is 3.28. The van der Waals surface area contributed by atoms with Crippen LogP contribution in [0.2, 0.25) is 10.0 Å². The van der Waals surface area contributed by atoms with Crippen LogP contribution in [-0.4, -0.2) is 20.9 Å². The molecule has 9 heteroatoms. The number of benzene rings is 2. The minimum atomic E-state index is -3.59. The van der Waals surface area contributed by atoms with Crippen molar-refractivity contribution in [2.75, 3.05) is 16.2 Å². The van der Waals surface area contributed by atoms with Crippen LogP contribution in [0, 0.1) is 0 Å². The van der Waals surface area contributed by atoms with E-state index in [1.54, 1.807) is 41.8 Å². The van der Waals surface area contributed by atoms with Crippen molar-refractivity contribution in [3.05, 3.63) is 75.1 Å². The lowest BCUT2D eigenvalue weighted by Crippen LogP contribution is -2.35. The van der Waals surface area contributed by atoms with Gasteiger partial charge in [-0.2, -0.15) is 0 Å². The Morgan fingerprint density at radius 3 is 2.69 bits per heavy atom. The third-order valence-electron chi connectivity index (χ3n) is 4.63. The number of sulfonamides is 1. The molecule has 0 saturated carbocycles. The molecule has 2 heterocycles. The van der Waals surface area contributed by atoms with Gasteiger partial charge in [-0.1, -0.05) is 29.3 Å². The summed E-state index contributed by atoms with van der Waals surface area (Å²) < 4.78 is 27.7. The number of fused-ring (bicyclic) bond motifs is 1. The van der Waals surface area contributed by atoms with E-state index >= 15 is 0 Å². The summed E-state index contributed by atoms with van der Waals surface area (Å²) in [4.78, 5) is 12.6. The maximum atomic E-state index is 13.0. The molecule has 0 bridgehead atoms. The van der Waals surface area contributed by atoms with Gasteiger partial charge < -0.3 is 5.32 Å². The van der Waals surface area contributed by atoms with Crippen molar-refractivity contribution in [3.8, 4) is 0 Å². The molecule has 0 spiro atoms. The van der Waals surface area contributed by atoms with Crippen molar-refractivity contribution in [3.63, 3.8) is 0 Å². The predicted octanol–water partition coefficient (Wildman–Crippen LogP) is 5.45. The number of carbonyl (C=O) groups excluding carboxylic acids is 1. The van der Waals surface area contributed by atoms with Crippen LogP contribution in [0.3, 0.4) is 0 Å². The zero-order valence-electron chi connectivity index (χ0n) is 15.1. The third kappa shape index (κ3) is 4.00. The van der Waals surface area contributed by atoms with Crippen LogP contribution < -0.4 is 9.62 Å². The molecule has 0 radical (unpaired) electrons. The van der Waals surface area contributed by atoms with E-state index < -0.39 is 10.0 Å². The first-order chi connectivity index (χ1) is 13.9. The van der Waals surface area contributed by atoms with Crippen molar-refractivity contribution in [2.24, 2.45) is 0 Å². The molecule has 3 aromatic rings. The average molecular weight is 467 g/mol. The van der Waals surface area contributed by atoms with Gasteiger partial charge in [0, 0.05) is 17.3 Å². The van der Waals surface area contributed by atoms with Gasteiger partial charge in [-0.3, -0.25) is 9.10 Å². The van der Waals surface area contributed by atoms with Crippen LogP contribution in [0.15, 0.2) is 58.1 Å². The Hall–Kier alpha value is -2.06. The smallest absolute Gasteiger partial charge is 0.273 e. The molecule has 0 unspecified atom stereocenters. The normalized spacial score (nSPS) is 13.8. The summed E-state index contributed by atoms with van der Waals surface area (Å²) in [6.07, 6.45) is 1.43. The molecule has 150 valence electrons. The fourth-order valence-corrected chi connectivity index (χ4v) is 6.30. The first kappa shape index (κ1) is 20.2. The van der Waals surface area contributed by atoms with Gasteiger partial charge in [0.05, 0.1) is 16.3 Å². The van der Waals surface area contributed by atoms with Crippen LogP contribution in [0.4, 0.5) is 11.4 Å². The van der Waals surface area contributed by atoms with E-state index in [4.69, 9.17) is 23.2 Å². The van der Waals surface area contributed by atoms with Crippen LogP contribution in [0.25, 0.3) is 0 Å². The highest BCUT2D eigenvalue weighted by molar-refractivity contribution is 7.94. The lowest BCUT2D eigenvalue weighted by atomic mass is 10.0. The second-order valence-corrected chi connectivity index (χ2v) is 10.4. The lowest BCUT2D eigenvalue weighted by Gasteiger charge is -2.30. The van der Waals surface area contributed by atoms with Gasteiger partial charge in [0.25, 0.3) is 15.9 Å². The van der Waals surface area contributed by atoms with Gasteiger partial charge in [0.15, 0.2) is 0 Å². The molecule has 0 fully saturated rings. The molecule has 1 aliphatic heterocycles. The standard InChI is InChI=1S/C20H16Cl2N2O3S2/c21-14-5-7-17(22)16(12-14)20(25)23-15-6-8-18-13(11-15)3-1-9-24(18)29(26,27)19-4-2-10-28-19/h2,4-8,10-12H,1,3,9H2,(H,23,25). The second kappa shape index (κ2) is 7.99. The molecule has 0 atom stereocenters. The molecule has 29 heavy (non-hydrogen) atoms. The molecule has 1 aliphatic rings. The molecule has 1 amide bonds. The van der Waals surface area contributed by atoms with Gasteiger partial charge in [0.1, 0.15) is 4.21 Å². The van der Waals surface area contributed by atoms with Crippen molar-refractivity contribution in [2.45, 2.75) is 17.1 Å². The third-order valence-corrected chi connectivity index (χ3v) is 8.38. The van der Waals surface area contributed by atoms with Crippen molar-refractivity contribution < 1.29 is 13.2 Å². The molecule has 0 saturated heterocycles. The molecule has 2 aromatic carbocycles. The molecular weight excluding hydrogens is 451 g/mol. The van der Waals surface area contributed by atoms with Crippen molar-refractivity contribution in [1.29, 1.82) is 0 Å². The number of carbonyl (C=O) groups is 1. The largest absolute Gasteiger partial charge is 0.322 e. The van der Waals surface area contributed by atoms with Crippen LogP contribution in [0.1, 0.15) is 22.3 Å². The summed E-state index contributed by atoms with van der Waals surface area (Å²) in [5, 5.41) is 5.28. The number of hydrogen-bond acceptors (Lipinski definition) is 4. The molecule has 1 aromatic heterocycles. The highest BCUT2D eigenvalue weighted by Gasteiger charge is 2.30. The maximum Gasteiger partial charge on any atom is 0.273 e. The number of nitrogens with zero attached hydrogens (tertiary/aromatic N) is 1. The second-order valence-electron chi connectivity index (χ2n) is 6.53. The molecular formula is C20H16Cl2N2O3S2. The summed E-state index contributed by atoms with van der Waals surface area (Å²) in [5.41, 5.74) is 2.36. The highest BCUT2D eigenvalue weighted by Crippen LogP contribution is 2.35. The Kier molecular flexibility index (Phi) is 5.57. The monoisotopic (exact) mass is 466 g/mol. The summed E-state index contributed by atoms with van der Waals surface area (Å²) in [7, 11) is -3.59. The van der Waals surface area contributed by atoms with E-state index in [0.29, 0.717) is 38.6 Å². The number of aryl methyl sites for hydroxylation is 1. The maximum absolute atomic E-state index is 13.0. The number of thiophene rings is 1. The van der Waals surface area contributed by atoms with Gasteiger partial charge >= 0.3 is 0 Å². The van der Waals surface area contributed by atoms with Gasteiger partial charge in [0.2, 0.25) is 0 Å². The SMILES string of the molecule is O=C(Nc1ccc2c(c1)CCCN2S(=O)(=O)c1cccs1)c1cc(Cl)ccc1Cl. The minimum Gasteiger partial charge on any atom is -0.322 e. The quantitative estimate of drug-likeness (QED) is 0.555. The van der Waals surface area contributed by atoms with E-state index in [1.807, 2.05) is 6.07 Å². The zero-order valence-corrected chi connectivity index (χ0v) is 18.2. The number of anilines is 2. The number of rotatable bonds is 4. The summed E-state index contributed by atoms with van der Waals surface area (Å²) in [6, 6.07) is 13.3. The Balaban J connectivity index is 1.62. The molecule has 1 N–H and O–H groups in total. The highest BCUT2D eigenvalue weighted by atomic mass is 35.5. The Bertz CT molecular complexity index is 1180. The number of amides is 1. The first-order valence-corrected chi connectivity index (χ1v) is 11.9. The van der Waals surface area contributed by atoms with Gasteiger partial charge in [-0.05, 0) is 66.2 Å². The topological polar surface area (TPSA) is 66.5 Å². The number of halogens is 2. The minimum absolute atomic E-state index is 0.277. The number of hydrogen-bond donors (Lipinski definition) is 1. The Morgan fingerprint density at radius 1 is 1.10 bits per heavy atom. The van der Waals surface area contributed by atoms with Crippen molar-refractivity contribution in [1.82, 2.24) is 0 Å². The summed E-state index contributed by atoms with van der Waals surface area (Å²) in [5.74, 6) is -0.378. The summed E-state index contributed by atoms with van der Waals surface area (Å²) >= 11 is 13.3. The van der Waals surface area contributed by atoms with E-state index in [9.17, 15) is 13.2 Å². The van der Waals surface area contributed by atoms with E-state index in [0.717, 1.165) is 12.0 Å². The fraction of sp³-hybridized carbons (Fsp3) is 0.150. The predicted molar refractivity (Wildman–Crippen MR) is 118 cm³/mol. The number of nitrogens with one attached hydrogen (secondary N) is 1. The Labute approximate surface area is 182 Å². The van der Waals surface area contributed by atoms with Crippen LogP contribution in [-0.2, 0) is 16.4 Å². The van der Waals surface area contributed by atoms with E-state index in [1.165, 1.54) is 21.7 Å². The van der Waals surface area contributed by atoms with Crippen LogP contribution >= 0.6 is 34.5 Å². The molecule has 5 nitrogen and oxygen atoms in total. The molecule has 4 rings (SSSR count).